The highest BCUT2D eigenvalue weighted by atomic mass is 16.5. The first kappa shape index (κ1) is 11.5. The lowest BCUT2D eigenvalue weighted by atomic mass is 9.93. The van der Waals surface area contributed by atoms with Crippen LogP contribution in [-0.4, -0.2) is 5.60 Å². The van der Waals surface area contributed by atoms with E-state index in [1.807, 2.05) is 0 Å². The maximum Gasteiger partial charge on any atom is 0.117 e. The molecular formula is C15H22O. The summed E-state index contributed by atoms with van der Waals surface area (Å²) in [5.41, 5.74) is 0.157. The van der Waals surface area contributed by atoms with Crippen molar-refractivity contribution in [2.45, 2.75) is 52.1 Å². The molecule has 1 fully saturated rings. The first-order valence-electron chi connectivity index (χ1n) is 6.27. The first-order chi connectivity index (χ1) is 7.49. The molecule has 0 spiro atoms. The standard InChI is InChI=1S/C15H22O/c1-14(2)9-5-4-8-13(12-14)16-15(3)10-6-7-11-15/h4-5,8-9,12H,6-7,10-11H2,1-3H3. The molecular weight excluding hydrogens is 196 g/mol. The van der Waals surface area contributed by atoms with Gasteiger partial charge in [0.25, 0.3) is 0 Å². The predicted molar refractivity (Wildman–Crippen MR) is 68.1 cm³/mol. The molecule has 0 amide bonds. The Labute approximate surface area is 98.9 Å². The summed E-state index contributed by atoms with van der Waals surface area (Å²) in [6, 6.07) is 0. The van der Waals surface area contributed by atoms with E-state index in [-0.39, 0.29) is 11.0 Å². The van der Waals surface area contributed by atoms with Gasteiger partial charge < -0.3 is 4.74 Å². The number of ether oxygens (including phenoxy) is 1. The van der Waals surface area contributed by atoms with Crippen LogP contribution in [0.15, 0.2) is 36.1 Å². The van der Waals surface area contributed by atoms with E-state index in [2.05, 4.69) is 51.2 Å². The van der Waals surface area contributed by atoms with Gasteiger partial charge >= 0.3 is 0 Å². The zero-order chi connectivity index (χ0) is 11.6. The van der Waals surface area contributed by atoms with E-state index in [0.717, 1.165) is 5.76 Å². The smallest absolute Gasteiger partial charge is 0.117 e. The summed E-state index contributed by atoms with van der Waals surface area (Å²) in [6.07, 6.45) is 15.6. The normalized spacial score (nSPS) is 26.3. The zero-order valence-corrected chi connectivity index (χ0v) is 10.6. The number of rotatable bonds is 2. The van der Waals surface area contributed by atoms with Gasteiger partial charge in [-0.05, 0) is 44.8 Å². The largest absolute Gasteiger partial charge is 0.488 e. The second-order valence-electron chi connectivity index (χ2n) is 5.85. The Bertz CT molecular complexity index is 338. The molecule has 0 saturated heterocycles. The van der Waals surface area contributed by atoms with Gasteiger partial charge in [0, 0.05) is 5.41 Å². The van der Waals surface area contributed by atoms with Crippen LogP contribution in [0, 0.1) is 5.41 Å². The van der Waals surface area contributed by atoms with Crippen LogP contribution in [0.1, 0.15) is 46.5 Å². The molecule has 2 aliphatic carbocycles. The Hall–Kier alpha value is -0.980. The van der Waals surface area contributed by atoms with E-state index < -0.39 is 0 Å². The summed E-state index contributed by atoms with van der Waals surface area (Å²) in [7, 11) is 0. The van der Waals surface area contributed by atoms with Crippen LogP contribution in [0.25, 0.3) is 0 Å². The number of hydrogen-bond acceptors (Lipinski definition) is 1. The minimum absolute atomic E-state index is 0.0661. The molecule has 0 aromatic heterocycles. The van der Waals surface area contributed by atoms with Gasteiger partial charge in [-0.2, -0.15) is 0 Å². The van der Waals surface area contributed by atoms with Gasteiger partial charge in [-0.1, -0.05) is 32.1 Å². The fraction of sp³-hybridized carbons (Fsp3) is 0.600. The summed E-state index contributed by atoms with van der Waals surface area (Å²) in [6.45, 7) is 6.65. The van der Waals surface area contributed by atoms with Crippen LogP contribution in [0.2, 0.25) is 0 Å². The van der Waals surface area contributed by atoms with Crippen molar-refractivity contribution < 1.29 is 4.74 Å². The lowest BCUT2D eigenvalue weighted by Crippen LogP contribution is -2.24. The van der Waals surface area contributed by atoms with Gasteiger partial charge in [0.2, 0.25) is 0 Å². The third kappa shape index (κ3) is 2.78. The SMILES string of the molecule is CC1(C)C=CC=CC(OC2(C)CCCC2)=C1. The molecule has 0 radical (unpaired) electrons. The molecule has 88 valence electrons. The van der Waals surface area contributed by atoms with Crippen molar-refractivity contribution >= 4 is 0 Å². The Balaban J connectivity index is 2.12. The topological polar surface area (TPSA) is 9.23 Å². The summed E-state index contributed by atoms with van der Waals surface area (Å²) in [4.78, 5) is 0. The molecule has 0 N–H and O–H groups in total. The molecule has 0 heterocycles. The van der Waals surface area contributed by atoms with Gasteiger partial charge in [0.05, 0.1) is 0 Å². The minimum atomic E-state index is 0.0661. The maximum absolute atomic E-state index is 6.19. The lowest BCUT2D eigenvalue weighted by Gasteiger charge is -2.27. The van der Waals surface area contributed by atoms with Crippen molar-refractivity contribution in [2.75, 3.05) is 0 Å². The number of hydrogen-bond donors (Lipinski definition) is 0. The van der Waals surface area contributed by atoms with E-state index in [4.69, 9.17) is 4.74 Å². The van der Waals surface area contributed by atoms with Crippen LogP contribution in [0.5, 0.6) is 0 Å². The third-order valence-corrected chi connectivity index (χ3v) is 3.44. The molecule has 1 nitrogen and oxygen atoms in total. The van der Waals surface area contributed by atoms with Crippen molar-refractivity contribution in [1.82, 2.24) is 0 Å². The fourth-order valence-corrected chi connectivity index (χ4v) is 2.49. The second-order valence-corrected chi connectivity index (χ2v) is 5.85. The average Bonchev–Trinajstić information content (AvgIpc) is 2.51. The van der Waals surface area contributed by atoms with Gasteiger partial charge in [-0.25, -0.2) is 0 Å². The van der Waals surface area contributed by atoms with E-state index in [9.17, 15) is 0 Å². The Morgan fingerprint density at radius 1 is 1.06 bits per heavy atom. The summed E-state index contributed by atoms with van der Waals surface area (Å²) < 4.78 is 6.19. The van der Waals surface area contributed by atoms with Gasteiger partial charge in [0.1, 0.15) is 11.4 Å². The van der Waals surface area contributed by atoms with Crippen LogP contribution in [-0.2, 0) is 4.74 Å². The van der Waals surface area contributed by atoms with Crippen molar-refractivity contribution in [1.29, 1.82) is 0 Å². The minimum Gasteiger partial charge on any atom is -0.488 e. The van der Waals surface area contributed by atoms with Crippen LogP contribution < -0.4 is 0 Å². The van der Waals surface area contributed by atoms with E-state index >= 15 is 0 Å². The zero-order valence-electron chi connectivity index (χ0n) is 10.6. The molecule has 0 bridgehead atoms. The van der Waals surface area contributed by atoms with Crippen LogP contribution >= 0.6 is 0 Å². The molecule has 0 aromatic carbocycles. The molecule has 0 aromatic rings. The molecule has 16 heavy (non-hydrogen) atoms. The molecule has 2 rings (SSSR count). The van der Waals surface area contributed by atoms with Gasteiger partial charge in [-0.3, -0.25) is 0 Å². The van der Waals surface area contributed by atoms with Crippen molar-refractivity contribution in [3.63, 3.8) is 0 Å². The number of allylic oxidation sites excluding steroid dienone is 5. The van der Waals surface area contributed by atoms with E-state index in [1.165, 1.54) is 25.7 Å². The first-order valence-corrected chi connectivity index (χ1v) is 6.27. The Morgan fingerprint density at radius 3 is 2.44 bits per heavy atom. The Kier molecular flexibility index (Phi) is 2.96. The lowest BCUT2D eigenvalue weighted by molar-refractivity contribution is 0.0301. The summed E-state index contributed by atoms with van der Waals surface area (Å²) >= 11 is 0. The monoisotopic (exact) mass is 218 g/mol. The van der Waals surface area contributed by atoms with E-state index in [1.54, 1.807) is 0 Å². The van der Waals surface area contributed by atoms with Crippen molar-refractivity contribution in [3.8, 4) is 0 Å². The molecule has 1 heteroatoms. The predicted octanol–water partition coefficient (Wildman–Crippen LogP) is 4.37. The molecule has 0 atom stereocenters. The van der Waals surface area contributed by atoms with Crippen LogP contribution in [0.3, 0.4) is 0 Å². The van der Waals surface area contributed by atoms with Crippen molar-refractivity contribution in [3.05, 3.63) is 36.1 Å². The average molecular weight is 218 g/mol. The highest BCUT2D eigenvalue weighted by Gasteiger charge is 2.31. The summed E-state index contributed by atoms with van der Waals surface area (Å²) in [5.74, 6) is 1.03. The summed E-state index contributed by atoms with van der Waals surface area (Å²) in [5, 5.41) is 0. The van der Waals surface area contributed by atoms with Crippen molar-refractivity contribution in [2.24, 2.45) is 5.41 Å². The fourth-order valence-electron chi connectivity index (χ4n) is 2.49. The highest BCUT2D eigenvalue weighted by Crippen LogP contribution is 2.36. The highest BCUT2D eigenvalue weighted by molar-refractivity contribution is 5.27. The quantitative estimate of drug-likeness (QED) is 0.668. The van der Waals surface area contributed by atoms with Gasteiger partial charge in [-0.15, -0.1) is 0 Å². The molecule has 0 unspecified atom stereocenters. The van der Waals surface area contributed by atoms with Gasteiger partial charge in [0.15, 0.2) is 0 Å². The molecule has 0 aliphatic heterocycles. The Morgan fingerprint density at radius 2 is 1.75 bits per heavy atom. The molecule has 2 aliphatic rings. The third-order valence-electron chi connectivity index (χ3n) is 3.44. The van der Waals surface area contributed by atoms with E-state index in [0.29, 0.717) is 0 Å². The molecule has 1 saturated carbocycles. The second kappa shape index (κ2) is 4.12. The van der Waals surface area contributed by atoms with Crippen LogP contribution in [0.4, 0.5) is 0 Å². The maximum atomic E-state index is 6.19.